The van der Waals surface area contributed by atoms with Crippen LogP contribution in [0.5, 0.6) is 0 Å². The van der Waals surface area contributed by atoms with Gasteiger partial charge in [-0.1, -0.05) is 29.8 Å². The van der Waals surface area contributed by atoms with Gasteiger partial charge in [-0.05, 0) is 58.3 Å². The fourth-order valence-corrected chi connectivity index (χ4v) is 3.03. The van der Waals surface area contributed by atoms with Crippen molar-refractivity contribution in [3.8, 4) is 0 Å². The molecule has 0 aliphatic carbocycles. The molecule has 0 saturated carbocycles. The maximum absolute atomic E-state index is 13.4. The van der Waals surface area contributed by atoms with Gasteiger partial charge in [0.05, 0.1) is 11.1 Å². The Hall–Kier alpha value is -0.760. The van der Waals surface area contributed by atoms with Gasteiger partial charge in [0.25, 0.3) is 0 Å². The molecule has 0 aliphatic rings. The molecule has 0 bridgehead atoms. The topological polar surface area (TPSA) is 38.0 Å². The summed E-state index contributed by atoms with van der Waals surface area (Å²) in [6, 6.07) is 8.82. The second-order valence-corrected chi connectivity index (χ2v) is 5.84. The first kappa shape index (κ1) is 15.6. The summed E-state index contributed by atoms with van der Waals surface area (Å²) >= 11 is 7.98. The van der Waals surface area contributed by atoms with Crippen molar-refractivity contribution in [3.63, 3.8) is 0 Å². The maximum Gasteiger partial charge on any atom is 0.142 e. The molecule has 1 unspecified atom stereocenters. The second-order valence-electron chi connectivity index (χ2n) is 4.30. The predicted octanol–water partition coefficient (Wildman–Crippen LogP) is 3.97. The standard InChI is InChI=1S/C14H12ClF2IN2/c15-14-8(2-1-3-11(14)17)6-13(20-19)10-5-4-9(16)7-12(10)18/h1-5,7,13,20H,6,19H2. The molecule has 0 aromatic heterocycles. The third kappa shape index (κ3) is 3.46. The zero-order valence-corrected chi connectivity index (χ0v) is 13.3. The number of nitrogens with one attached hydrogen (secondary N) is 1. The molecule has 0 amide bonds. The van der Waals surface area contributed by atoms with Crippen molar-refractivity contribution >= 4 is 34.2 Å². The van der Waals surface area contributed by atoms with Crippen LogP contribution in [0.3, 0.4) is 0 Å². The van der Waals surface area contributed by atoms with E-state index >= 15 is 0 Å². The van der Waals surface area contributed by atoms with E-state index in [2.05, 4.69) is 5.43 Å². The summed E-state index contributed by atoms with van der Waals surface area (Å²) < 4.78 is 27.3. The third-order valence-corrected chi connectivity index (χ3v) is 4.35. The van der Waals surface area contributed by atoms with E-state index in [4.69, 9.17) is 17.4 Å². The first-order valence-corrected chi connectivity index (χ1v) is 7.32. The van der Waals surface area contributed by atoms with Crippen molar-refractivity contribution in [2.24, 2.45) is 5.84 Å². The summed E-state index contributed by atoms with van der Waals surface area (Å²) in [4.78, 5) is 0. The van der Waals surface area contributed by atoms with E-state index in [1.165, 1.54) is 18.2 Å². The zero-order chi connectivity index (χ0) is 14.7. The first-order chi connectivity index (χ1) is 9.52. The minimum Gasteiger partial charge on any atom is -0.271 e. The van der Waals surface area contributed by atoms with Crippen LogP contribution in [0.25, 0.3) is 0 Å². The number of hydrogen-bond acceptors (Lipinski definition) is 2. The van der Waals surface area contributed by atoms with E-state index in [0.29, 0.717) is 12.0 Å². The highest BCUT2D eigenvalue weighted by atomic mass is 127. The fourth-order valence-electron chi connectivity index (χ4n) is 1.97. The predicted molar refractivity (Wildman–Crippen MR) is 84.3 cm³/mol. The van der Waals surface area contributed by atoms with Crippen molar-refractivity contribution in [2.75, 3.05) is 0 Å². The normalized spacial score (nSPS) is 12.4. The van der Waals surface area contributed by atoms with E-state index in [1.54, 1.807) is 18.2 Å². The second kappa shape index (κ2) is 6.80. The SMILES string of the molecule is NNC(Cc1cccc(F)c1Cl)c1ccc(F)cc1I. The van der Waals surface area contributed by atoms with Gasteiger partial charge in [0.15, 0.2) is 0 Å². The van der Waals surface area contributed by atoms with E-state index in [-0.39, 0.29) is 16.9 Å². The highest BCUT2D eigenvalue weighted by Gasteiger charge is 2.17. The Morgan fingerprint density at radius 3 is 2.65 bits per heavy atom. The summed E-state index contributed by atoms with van der Waals surface area (Å²) in [5.41, 5.74) is 4.16. The van der Waals surface area contributed by atoms with Crippen LogP contribution in [0.2, 0.25) is 5.02 Å². The molecule has 0 aliphatic heterocycles. The Bertz CT molecular complexity index is 622. The van der Waals surface area contributed by atoms with Gasteiger partial charge in [0.2, 0.25) is 0 Å². The average Bonchev–Trinajstić information content (AvgIpc) is 2.41. The van der Waals surface area contributed by atoms with Crippen LogP contribution in [0.15, 0.2) is 36.4 Å². The van der Waals surface area contributed by atoms with Crippen molar-refractivity contribution in [3.05, 3.63) is 67.8 Å². The first-order valence-electron chi connectivity index (χ1n) is 5.87. The van der Waals surface area contributed by atoms with Gasteiger partial charge in [-0.25, -0.2) is 8.78 Å². The summed E-state index contributed by atoms with van der Waals surface area (Å²) in [6.07, 6.45) is 0.411. The molecule has 20 heavy (non-hydrogen) atoms. The Balaban J connectivity index is 2.31. The van der Waals surface area contributed by atoms with E-state index in [1.807, 2.05) is 22.6 Å². The summed E-state index contributed by atoms with van der Waals surface area (Å²) in [6.45, 7) is 0. The third-order valence-electron chi connectivity index (χ3n) is 2.99. The quantitative estimate of drug-likeness (QED) is 0.456. The maximum atomic E-state index is 13.4. The monoisotopic (exact) mass is 408 g/mol. The van der Waals surface area contributed by atoms with E-state index < -0.39 is 5.82 Å². The van der Waals surface area contributed by atoms with Crippen molar-refractivity contribution in [2.45, 2.75) is 12.5 Å². The number of benzene rings is 2. The summed E-state index contributed by atoms with van der Waals surface area (Å²) in [5, 5.41) is 0.0878. The molecule has 2 nitrogen and oxygen atoms in total. The minimum absolute atomic E-state index is 0.0878. The minimum atomic E-state index is -0.464. The molecule has 0 fully saturated rings. The molecule has 2 aromatic carbocycles. The number of hydrazine groups is 1. The molecular weight excluding hydrogens is 397 g/mol. The molecule has 2 rings (SSSR count). The number of rotatable bonds is 4. The Morgan fingerprint density at radius 1 is 1.25 bits per heavy atom. The van der Waals surface area contributed by atoms with Gasteiger partial charge in [-0.15, -0.1) is 0 Å². The average molecular weight is 409 g/mol. The van der Waals surface area contributed by atoms with Crippen LogP contribution in [-0.2, 0) is 6.42 Å². The van der Waals surface area contributed by atoms with Crippen LogP contribution in [-0.4, -0.2) is 0 Å². The fraction of sp³-hybridized carbons (Fsp3) is 0.143. The van der Waals surface area contributed by atoms with Crippen molar-refractivity contribution < 1.29 is 8.78 Å². The lowest BCUT2D eigenvalue weighted by molar-refractivity contribution is 0.544. The number of hydrogen-bond donors (Lipinski definition) is 2. The molecule has 0 heterocycles. The lowest BCUT2D eigenvalue weighted by Gasteiger charge is -2.19. The molecule has 6 heteroatoms. The highest BCUT2D eigenvalue weighted by Crippen LogP contribution is 2.27. The Morgan fingerprint density at radius 2 is 2.00 bits per heavy atom. The lowest BCUT2D eigenvalue weighted by Crippen LogP contribution is -2.30. The van der Waals surface area contributed by atoms with Gasteiger partial charge >= 0.3 is 0 Å². The molecule has 0 saturated heterocycles. The summed E-state index contributed by atoms with van der Waals surface area (Å²) in [7, 11) is 0. The van der Waals surface area contributed by atoms with Gasteiger partial charge in [-0.2, -0.15) is 0 Å². The van der Waals surface area contributed by atoms with Crippen LogP contribution in [0.1, 0.15) is 17.2 Å². The number of nitrogens with two attached hydrogens (primary N) is 1. The largest absolute Gasteiger partial charge is 0.271 e. The zero-order valence-electron chi connectivity index (χ0n) is 10.3. The molecule has 1 atom stereocenters. The lowest BCUT2D eigenvalue weighted by atomic mass is 9.99. The molecule has 106 valence electrons. The molecular formula is C14H12ClF2IN2. The Kier molecular flexibility index (Phi) is 5.31. The van der Waals surface area contributed by atoms with Crippen molar-refractivity contribution in [1.29, 1.82) is 0 Å². The van der Waals surface area contributed by atoms with Crippen LogP contribution < -0.4 is 11.3 Å². The van der Waals surface area contributed by atoms with Gasteiger partial charge < -0.3 is 0 Å². The molecule has 3 N–H and O–H groups in total. The van der Waals surface area contributed by atoms with E-state index in [0.717, 1.165) is 9.13 Å². The smallest absolute Gasteiger partial charge is 0.142 e. The van der Waals surface area contributed by atoms with Crippen LogP contribution >= 0.6 is 34.2 Å². The number of halogens is 4. The molecule has 0 spiro atoms. The molecule has 0 radical (unpaired) electrons. The highest BCUT2D eigenvalue weighted by molar-refractivity contribution is 14.1. The van der Waals surface area contributed by atoms with E-state index in [9.17, 15) is 8.78 Å². The summed E-state index contributed by atoms with van der Waals surface area (Å²) in [5.74, 6) is 4.79. The van der Waals surface area contributed by atoms with Crippen molar-refractivity contribution in [1.82, 2.24) is 5.43 Å². The van der Waals surface area contributed by atoms with Crippen LogP contribution in [0, 0.1) is 15.2 Å². The van der Waals surface area contributed by atoms with Crippen LogP contribution in [0.4, 0.5) is 8.78 Å². The van der Waals surface area contributed by atoms with Gasteiger partial charge in [0, 0.05) is 3.57 Å². The van der Waals surface area contributed by atoms with Gasteiger partial charge in [-0.3, -0.25) is 11.3 Å². The Labute approximate surface area is 134 Å². The van der Waals surface area contributed by atoms with Gasteiger partial charge in [0.1, 0.15) is 11.6 Å². The molecule has 2 aromatic rings.